The molecule has 2 heterocycles. The first-order valence-corrected chi connectivity index (χ1v) is 6.67. The SMILES string of the molecule is CN(CCN)c1cc(NCc2cccs2)ncn1. The number of nitrogens with zero attached hydrogens (tertiary/aromatic N) is 3. The van der Waals surface area contributed by atoms with Crippen LogP contribution in [0.5, 0.6) is 0 Å². The van der Waals surface area contributed by atoms with Crippen LogP contribution >= 0.6 is 11.3 Å². The summed E-state index contributed by atoms with van der Waals surface area (Å²) in [4.78, 5) is 11.7. The smallest absolute Gasteiger partial charge is 0.133 e. The Morgan fingerprint density at radius 2 is 2.33 bits per heavy atom. The zero-order valence-electron chi connectivity index (χ0n) is 10.3. The van der Waals surface area contributed by atoms with E-state index in [4.69, 9.17) is 5.73 Å². The summed E-state index contributed by atoms with van der Waals surface area (Å²) in [5, 5.41) is 5.35. The minimum atomic E-state index is 0.610. The van der Waals surface area contributed by atoms with Crippen molar-refractivity contribution in [2.75, 3.05) is 30.4 Å². The third-order valence-corrected chi connectivity index (χ3v) is 3.41. The van der Waals surface area contributed by atoms with Gasteiger partial charge in [-0.2, -0.15) is 0 Å². The highest BCUT2D eigenvalue weighted by Crippen LogP contribution is 2.14. The van der Waals surface area contributed by atoms with Crippen molar-refractivity contribution in [3.63, 3.8) is 0 Å². The maximum atomic E-state index is 5.53. The number of nitrogens with one attached hydrogen (secondary N) is 1. The van der Waals surface area contributed by atoms with Crippen LogP contribution in [-0.2, 0) is 6.54 Å². The predicted octanol–water partition coefficient (Wildman–Crippen LogP) is 1.55. The number of nitrogens with two attached hydrogens (primary N) is 1. The summed E-state index contributed by atoms with van der Waals surface area (Å²) in [5.74, 6) is 1.71. The second-order valence-electron chi connectivity index (χ2n) is 3.90. The molecule has 0 amide bonds. The number of hydrogen-bond donors (Lipinski definition) is 2. The Hall–Kier alpha value is -1.66. The van der Waals surface area contributed by atoms with Gasteiger partial charge in [0.2, 0.25) is 0 Å². The van der Waals surface area contributed by atoms with E-state index in [0.717, 1.165) is 24.7 Å². The van der Waals surface area contributed by atoms with E-state index in [9.17, 15) is 0 Å². The molecule has 96 valence electrons. The average Bonchev–Trinajstić information content (AvgIpc) is 2.90. The van der Waals surface area contributed by atoms with E-state index < -0.39 is 0 Å². The molecule has 0 bridgehead atoms. The van der Waals surface area contributed by atoms with Crippen LogP contribution in [0.25, 0.3) is 0 Å². The Labute approximate surface area is 111 Å². The molecule has 0 aliphatic heterocycles. The monoisotopic (exact) mass is 263 g/mol. The van der Waals surface area contributed by atoms with E-state index in [2.05, 4.69) is 26.7 Å². The molecular weight excluding hydrogens is 246 g/mol. The second kappa shape index (κ2) is 6.32. The lowest BCUT2D eigenvalue weighted by atomic mass is 10.4. The van der Waals surface area contributed by atoms with Gasteiger partial charge in [-0.05, 0) is 11.4 Å². The van der Waals surface area contributed by atoms with Crippen molar-refractivity contribution in [1.29, 1.82) is 0 Å². The predicted molar refractivity (Wildman–Crippen MR) is 76.0 cm³/mol. The van der Waals surface area contributed by atoms with Gasteiger partial charge in [-0.3, -0.25) is 0 Å². The summed E-state index contributed by atoms with van der Waals surface area (Å²) in [6, 6.07) is 6.08. The zero-order valence-corrected chi connectivity index (χ0v) is 11.2. The van der Waals surface area contributed by atoms with Gasteiger partial charge < -0.3 is 16.0 Å². The molecule has 2 rings (SSSR count). The molecule has 0 saturated carbocycles. The minimum Gasteiger partial charge on any atom is -0.365 e. The van der Waals surface area contributed by atoms with E-state index in [-0.39, 0.29) is 0 Å². The fraction of sp³-hybridized carbons (Fsp3) is 0.333. The fourth-order valence-corrected chi connectivity index (χ4v) is 2.20. The van der Waals surface area contributed by atoms with Crippen LogP contribution in [0.2, 0.25) is 0 Å². The fourth-order valence-electron chi connectivity index (χ4n) is 1.55. The lowest BCUT2D eigenvalue weighted by molar-refractivity contribution is 0.864. The van der Waals surface area contributed by atoms with Crippen molar-refractivity contribution in [3.8, 4) is 0 Å². The van der Waals surface area contributed by atoms with Gasteiger partial charge in [-0.25, -0.2) is 9.97 Å². The third-order valence-electron chi connectivity index (χ3n) is 2.53. The van der Waals surface area contributed by atoms with Crippen LogP contribution in [0.4, 0.5) is 11.6 Å². The molecule has 5 nitrogen and oxygen atoms in total. The number of anilines is 2. The van der Waals surface area contributed by atoms with Crippen molar-refractivity contribution in [3.05, 3.63) is 34.8 Å². The van der Waals surface area contributed by atoms with Crippen LogP contribution in [0.3, 0.4) is 0 Å². The summed E-state index contributed by atoms with van der Waals surface area (Å²) in [6.45, 7) is 2.18. The summed E-state index contributed by atoms with van der Waals surface area (Å²) < 4.78 is 0. The van der Waals surface area contributed by atoms with Gasteiger partial charge in [0.1, 0.15) is 18.0 Å². The number of hydrogen-bond acceptors (Lipinski definition) is 6. The molecule has 0 spiro atoms. The summed E-state index contributed by atoms with van der Waals surface area (Å²) in [7, 11) is 1.97. The Morgan fingerprint density at radius 3 is 3.06 bits per heavy atom. The minimum absolute atomic E-state index is 0.610. The van der Waals surface area contributed by atoms with Crippen LogP contribution in [0, 0.1) is 0 Å². The number of rotatable bonds is 6. The Morgan fingerprint density at radius 1 is 1.44 bits per heavy atom. The molecule has 0 saturated heterocycles. The number of thiophene rings is 1. The Kier molecular flexibility index (Phi) is 4.49. The zero-order chi connectivity index (χ0) is 12.8. The maximum absolute atomic E-state index is 5.53. The van der Waals surface area contributed by atoms with Gasteiger partial charge in [0.25, 0.3) is 0 Å². The molecule has 0 radical (unpaired) electrons. The standard InChI is InChI=1S/C12H17N5S/c1-17(5-4-13)12-7-11(15-9-16-12)14-8-10-3-2-6-18-10/h2-3,6-7,9H,4-5,8,13H2,1H3,(H,14,15,16). The van der Waals surface area contributed by atoms with E-state index in [1.165, 1.54) is 4.88 Å². The summed E-state index contributed by atoms with van der Waals surface area (Å²) in [6.07, 6.45) is 1.57. The molecule has 18 heavy (non-hydrogen) atoms. The lowest BCUT2D eigenvalue weighted by Gasteiger charge is -2.17. The van der Waals surface area contributed by atoms with Gasteiger partial charge >= 0.3 is 0 Å². The summed E-state index contributed by atoms with van der Waals surface area (Å²) >= 11 is 1.73. The molecule has 0 fully saturated rings. The van der Waals surface area contributed by atoms with Crippen LogP contribution in [-0.4, -0.2) is 30.1 Å². The van der Waals surface area contributed by atoms with Gasteiger partial charge in [-0.1, -0.05) is 6.07 Å². The maximum Gasteiger partial charge on any atom is 0.133 e. The third kappa shape index (κ3) is 3.41. The average molecular weight is 263 g/mol. The van der Waals surface area contributed by atoms with Crippen molar-refractivity contribution in [2.45, 2.75) is 6.54 Å². The van der Waals surface area contributed by atoms with Gasteiger partial charge in [0, 0.05) is 31.1 Å². The molecule has 0 unspecified atom stereocenters. The largest absolute Gasteiger partial charge is 0.365 e. The lowest BCUT2D eigenvalue weighted by Crippen LogP contribution is -2.25. The molecule has 0 aromatic carbocycles. The van der Waals surface area contributed by atoms with Gasteiger partial charge in [0.15, 0.2) is 0 Å². The normalized spacial score (nSPS) is 10.3. The first-order chi connectivity index (χ1) is 8.79. The van der Waals surface area contributed by atoms with E-state index in [0.29, 0.717) is 6.54 Å². The molecule has 3 N–H and O–H groups in total. The molecule has 2 aromatic heterocycles. The second-order valence-corrected chi connectivity index (χ2v) is 4.94. The molecule has 0 aliphatic carbocycles. The van der Waals surface area contributed by atoms with Crippen LogP contribution in [0.15, 0.2) is 29.9 Å². The molecule has 0 aliphatic rings. The quantitative estimate of drug-likeness (QED) is 0.827. The topological polar surface area (TPSA) is 67.1 Å². The summed E-state index contributed by atoms with van der Waals surface area (Å²) in [5.41, 5.74) is 5.53. The molecule has 0 atom stereocenters. The molecule has 6 heteroatoms. The van der Waals surface area contributed by atoms with E-state index in [1.54, 1.807) is 17.7 Å². The number of aromatic nitrogens is 2. The van der Waals surface area contributed by atoms with Gasteiger partial charge in [0.05, 0.1) is 6.54 Å². The van der Waals surface area contributed by atoms with E-state index in [1.807, 2.05) is 24.1 Å². The highest BCUT2D eigenvalue weighted by atomic mass is 32.1. The van der Waals surface area contributed by atoms with E-state index >= 15 is 0 Å². The van der Waals surface area contributed by atoms with Crippen molar-refractivity contribution in [1.82, 2.24) is 9.97 Å². The number of likely N-dealkylation sites (N-methyl/N-ethyl adjacent to an activating group) is 1. The highest BCUT2D eigenvalue weighted by molar-refractivity contribution is 7.09. The van der Waals surface area contributed by atoms with Gasteiger partial charge in [-0.15, -0.1) is 11.3 Å². The Bertz CT molecular complexity index is 471. The van der Waals surface area contributed by atoms with Crippen LogP contribution < -0.4 is 16.0 Å². The molecule has 2 aromatic rings. The molecular formula is C12H17N5S. The Balaban J connectivity index is 1.98. The van der Waals surface area contributed by atoms with Crippen molar-refractivity contribution < 1.29 is 0 Å². The first kappa shape index (κ1) is 12.8. The van der Waals surface area contributed by atoms with Crippen molar-refractivity contribution in [2.24, 2.45) is 5.73 Å². The first-order valence-electron chi connectivity index (χ1n) is 5.79. The highest BCUT2D eigenvalue weighted by Gasteiger charge is 2.03. The van der Waals surface area contributed by atoms with Crippen molar-refractivity contribution >= 4 is 23.0 Å². The van der Waals surface area contributed by atoms with Crippen LogP contribution in [0.1, 0.15) is 4.88 Å².